The van der Waals surface area contributed by atoms with E-state index in [-0.39, 0.29) is 18.3 Å². The number of hydrogen-bond acceptors (Lipinski definition) is 4. The Labute approximate surface area is 111 Å². The van der Waals surface area contributed by atoms with Crippen molar-refractivity contribution in [1.82, 2.24) is 15.1 Å². The molecule has 6 heteroatoms. The Kier molecular flexibility index (Phi) is 3.71. The topological polar surface area (TPSA) is 80.3 Å². The van der Waals surface area contributed by atoms with Crippen LogP contribution in [0.1, 0.15) is 30.2 Å². The summed E-state index contributed by atoms with van der Waals surface area (Å²) >= 11 is 0. The number of aliphatic hydroxyl groups is 1. The Balaban J connectivity index is 2.02. The molecule has 1 amide bonds. The van der Waals surface area contributed by atoms with E-state index in [0.717, 1.165) is 0 Å². The van der Waals surface area contributed by atoms with Gasteiger partial charge in [-0.15, -0.1) is 0 Å². The van der Waals surface area contributed by atoms with E-state index in [1.807, 2.05) is 12.3 Å². The van der Waals surface area contributed by atoms with Crippen LogP contribution in [0.3, 0.4) is 0 Å². The van der Waals surface area contributed by atoms with Crippen LogP contribution in [0.25, 0.3) is 0 Å². The average molecular weight is 263 g/mol. The minimum atomic E-state index is -0.675. The van der Waals surface area contributed by atoms with Crippen molar-refractivity contribution in [3.63, 3.8) is 0 Å². The second kappa shape index (κ2) is 5.27. The van der Waals surface area contributed by atoms with Crippen LogP contribution in [0.15, 0.2) is 35.0 Å². The second-order valence-electron chi connectivity index (χ2n) is 4.97. The molecular formula is C13H17N3O3. The molecule has 102 valence electrons. The normalized spacial score (nSPS) is 11.5. The predicted molar refractivity (Wildman–Crippen MR) is 68.7 cm³/mol. The van der Waals surface area contributed by atoms with Crippen LogP contribution >= 0.6 is 0 Å². The van der Waals surface area contributed by atoms with E-state index in [0.29, 0.717) is 12.3 Å². The lowest BCUT2D eigenvalue weighted by Crippen LogP contribution is -2.46. The first-order valence-corrected chi connectivity index (χ1v) is 6.00. The summed E-state index contributed by atoms with van der Waals surface area (Å²) in [5.74, 6) is 0.533. The maximum atomic E-state index is 11.9. The molecule has 0 saturated heterocycles. The van der Waals surface area contributed by atoms with Crippen LogP contribution < -0.4 is 5.32 Å². The van der Waals surface area contributed by atoms with Gasteiger partial charge in [0.05, 0.1) is 18.7 Å². The fraction of sp³-hybridized carbons (Fsp3) is 0.385. The first kappa shape index (κ1) is 13.4. The molecule has 0 fully saturated rings. The van der Waals surface area contributed by atoms with Crippen LogP contribution in [0.5, 0.6) is 0 Å². The van der Waals surface area contributed by atoms with Gasteiger partial charge >= 0.3 is 0 Å². The summed E-state index contributed by atoms with van der Waals surface area (Å²) in [6, 6.07) is 5.17. The van der Waals surface area contributed by atoms with Gasteiger partial charge in [0, 0.05) is 12.4 Å². The van der Waals surface area contributed by atoms with Crippen LogP contribution in [0, 0.1) is 0 Å². The van der Waals surface area contributed by atoms with Crippen molar-refractivity contribution in [1.29, 1.82) is 0 Å². The fourth-order valence-electron chi connectivity index (χ4n) is 1.55. The van der Waals surface area contributed by atoms with E-state index in [2.05, 4.69) is 10.4 Å². The summed E-state index contributed by atoms with van der Waals surface area (Å²) in [6.07, 6.45) is 3.50. The smallest absolute Gasteiger partial charge is 0.287 e. The summed E-state index contributed by atoms with van der Waals surface area (Å²) in [6.45, 7) is 3.81. The highest BCUT2D eigenvalue weighted by Gasteiger charge is 2.21. The van der Waals surface area contributed by atoms with Crippen molar-refractivity contribution < 1.29 is 14.3 Å². The third kappa shape index (κ3) is 3.45. The zero-order valence-corrected chi connectivity index (χ0v) is 11.0. The zero-order valence-electron chi connectivity index (χ0n) is 11.0. The number of furan rings is 1. The molecule has 2 aromatic rings. The summed E-state index contributed by atoms with van der Waals surface area (Å²) < 4.78 is 7.16. The van der Waals surface area contributed by atoms with E-state index in [1.54, 1.807) is 36.9 Å². The van der Waals surface area contributed by atoms with E-state index in [1.165, 1.54) is 0 Å². The number of rotatable bonds is 5. The van der Waals surface area contributed by atoms with Crippen molar-refractivity contribution in [2.75, 3.05) is 6.61 Å². The highest BCUT2D eigenvalue weighted by Crippen LogP contribution is 2.11. The standard InChI is InChI=1S/C13H17N3O3/c1-13(2,9-17)15-12(18)11-5-4-10(19-11)8-16-7-3-6-14-16/h3-7,17H,8-9H2,1-2H3,(H,15,18). The number of carbonyl (C=O) groups excluding carboxylic acids is 1. The number of aliphatic hydroxyl groups excluding tert-OH is 1. The molecular weight excluding hydrogens is 246 g/mol. The third-order valence-corrected chi connectivity index (χ3v) is 2.61. The Hall–Kier alpha value is -2.08. The monoisotopic (exact) mass is 263 g/mol. The molecule has 2 rings (SSSR count). The van der Waals surface area contributed by atoms with Crippen molar-refractivity contribution in [2.45, 2.75) is 25.9 Å². The van der Waals surface area contributed by atoms with E-state index >= 15 is 0 Å². The lowest BCUT2D eigenvalue weighted by atomic mass is 10.1. The lowest BCUT2D eigenvalue weighted by molar-refractivity contribution is 0.0839. The molecule has 0 unspecified atom stereocenters. The Morgan fingerprint density at radius 3 is 2.95 bits per heavy atom. The molecule has 2 aromatic heterocycles. The minimum Gasteiger partial charge on any atom is -0.454 e. The molecule has 0 spiro atoms. The van der Waals surface area contributed by atoms with Crippen molar-refractivity contribution in [2.24, 2.45) is 0 Å². The minimum absolute atomic E-state index is 0.139. The van der Waals surface area contributed by atoms with Crippen molar-refractivity contribution in [3.05, 3.63) is 42.1 Å². The Morgan fingerprint density at radius 2 is 2.32 bits per heavy atom. The molecule has 0 saturated carbocycles. The SMILES string of the molecule is CC(C)(CO)NC(=O)c1ccc(Cn2cccn2)o1. The van der Waals surface area contributed by atoms with Gasteiger partial charge in [0.15, 0.2) is 5.76 Å². The largest absolute Gasteiger partial charge is 0.454 e. The van der Waals surface area contributed by atoms with Crippen molar-refractivity contribution in [3.8, 4) is 0 Å². The third-order valence-electron chi connectivity index (χ3n) is 2.61. The quantitative estimate of drug-likeness (QED) is 0.844. The molecule has 0 bridgehead atoms. The maximum absolute atomic E-state index is 11.9. The zero-order chi connectivity index (χ0) is 13.9. The van der Waals surface area contributed by atoms with Crippen LogP contribution in [0.4, 0.5) is 0 Å². The van der Waals surface area contributed by atoms with Crippen LogP contribution in [-0.4, -0.2) is 32.9 Å². The van der Waals surface area contributed by atoms with Crippen molar-refractivity contribution >= 4 is 5.91 Å². The number of aromatic nitrogens is 2. The highest BCUT2D eigenvalue weighted by molar-refractivity contribution is 5.91. The van der Waals surface area contributed by atoms with Gasteiger partial charge in [-0.1, -0.05) is 0 Å². The molecule has 19 heavy (non-hydrogen) atoms. The van der Waals surface area contributed by atoms with Gasteiger partial charge in [0.25, 0.3) is 5.91 Å². The van der Waals surface area contributed by atoms with Gasteiger partial charge in [-0.25, -0.2) is 0 Å². The molecule has 0 atom stereocenters. The van der Waals surface area contributed by atoms with Gasteiger partial charge in [0.2, 0.25) is 0 Å². The van der Waals surface area contributed by atoms with Gasteiger partial charge in [-0.05, 0) is 32.0 Å². The number of hydrogen-bond donors (Lipinski definition) is 2. The highest BCUT2D eigenvalue weighted by atomic mass is 16.4. The number of nitrogens with one attached hydrogen (secondary N) is 1. The van der Waals surface area contributed by atoms with E-state index in [9.17, 15) is 4.79 Å². The molecule has 2 N–H and O–H groups in total. The predicted octanol–water partition coefficient (Wildman–Crippen LogP) is 1.03. The Bertz CT molecular complexity index is 543. The Morgan fingerprint density at radius 1 is 1.53 bits per heavy atom. The summed E-state index contributed by atoms with van der Waals surface area (Å²) in [7, 11) is 0. The molecule has 0 radical (unpaired) electrons. The number of amides is 1. The summed E-state index contributed by atoms with van der Waals surface area (Å²) in [5, 5.41) is 15.9. The van der Waals surface area contributed by atoms with Gasteiger partial charge in [-0.3, -0.25) is 9.48 Å². The molecule has 0 aliphatic rings. The number of carbonyl (C=O) groups is 1. The fourth-order valence-corrected chi connectivity index (χ4v) is 1.55. The molecule has 0 aromatic carbocycles. The van der Waals surface area contributed by atoms with Crippen LogP contribution in [0.2, 0.25) is 0 Å². The molecule has 0 aliphatic heterocycles. The molecule has 2 heterocycles. The van der Waals surface area contributed by atoms with Gasteiger partial charge in [0.1, 0.15) is 5.76 Å². The van der Waals surface area contributed by atoms with Crippen LogP contribution in [-0.2, 0) is 6.54 Å². The molecule has 0 aliphatic carbocycles. The first-order chi connectivity index (χ1) is 9.00. The summed E-state index contributed by atoms with van der Waals surface area (Å²) in [5.41, 5.74) is -0.675. The van der Waals surface area contributed by atoms with Gasteiger partial charge in [-0.2, -0.15) is 5.10 Å². The summed E-state index contributed by atoms with van der Waals surface area (Å²) in [4.78, 5) is 11.9. The number of nitrogens with zero attached hydrogens (tertiary/aromatic N) is 2. The van der Waals surface area contributed by atoms with Gasteiger partial charge < -0.3 is 14.8 Å². The molecule has 6 nitrogen and oxygen atoms in total. The average Bonchev–Trinajstić information content (AvgIpc) is 3.00. The maximum Gasteiger partial charge on any atom is 0.287 e. The van der Waals surface area contributed by atoms with E-state index in [4.69, 9.17) is 9.52 Å². The lowest BCUT2D eigenvalue weighted by Gasteiger charge is -2.22. The van der Waals surface area contributed by atoms with E-state index < -0.39 is 5.54 Å². The first-order valence-electron chi connectivity index (χ1n) is 6.00. The second-order valence-corrected chi connectivity index (χ2v) is 4.97.